The van der Waals surface area contributed by atoms with Crippen molar-refractivity contribution in [3.05, 3.63) is 36.0 Å². The lowest BCUT2D eigenvalue weighted by molar-refractivity contribution is 0.475. The van der Waals surface area contributed by atoms with Gasteiger partial charge in [-0.15, -0.1) is 0 Å². The predicted octanol–water partition coefficient (Wildman–Crippen LogP) is 1.24. The maximum absolute atomic E-state index is 9.28. The third kappa shape index (κ3) is 1.60. The Labute approximate surface area is 81.4 Å². The Bertz CT molecular complexity index is 436. The van der Waals surface area contributed by atoms with Crippen LogP contribution in [0.15, 0.2) is 30.3 Å². The zero-order chi connectivity index (χ0) is 9.97. The number of rotatable bonds is 2. The van der Waals surface area contributed by atoms with E-state index in [4.69, 9.17) is 5.73 Å². The van der Waals surface area contributed by atoms with Crippen molar-refractivity contribution in [3.63, 3.8) is 0 Å². The number of nitrogens with zero attached hydrogens (tertiary/aromatic N) is 1. The van der Waals surface area contributed by atoms with Gasteiger partial charge in [0.25, 0.3) is 0 Å². The molecule has 4 heteroatoms. The number of nitrogens with two attached hydrogens (primary N) is 1. The van der Waals surface area contributed by atoms with Crippen molar-refractivity contribution >= 4 is 0 Å². The molecule has 0 aliphatic heterocycles. The van der Waals surface area contributed by atoms with Crippen molar-refractivity contribution in [1.29, 1.82) is 0 Å². The maximum atomic E-state index is 9.28. The van der Waals surface area contributed by atoms with Gasteiger partial charge in [0.05, 0.1) is 5.69 Å². The van der Waals surface area contributed by atoms with Crippen molar-refractivity contribution in [1.82, 2.24) is 10.2 Å². The summed E-state index contributed by atoms with van der Waals surface area (Å²) in [6.07, 6.45) is 0. The van der Waals surface area contributed by atoms with Gasteiger partial charge in [-0.05, 0) is 18.2 Å². The van der Waals surface area contributed by atoms with Gasteiger partial charge in [0.15, 0.2) is 0 Å². The number of aromatic amines is 1. The van der Waals surface area contributed by atoms with Gasteiger partial charge in [-0.2, -0.15) is 5.10 Å². The Balaban J connectivity index is 2.39. The van der Waals surface area contributed by atoms with Crippen molar-refractivity contribution in [3.8, 4) is 17.0 Å². The smallest absolute Gasteiger partial charge is 0.116 e. The van der Waals surface area contributed by atoms with Crippen molar-refractivity contribution in [2.24, 2.45) is 5.73 Å². The molecule has 0 bridgehead atoms. The molecular weight excluding hydrogens is 178 g/mol. The van der Waals surface area contributed by atoms with Crippen molar-refractivity contribution in [2.45, 2.75) is 6.54 Å². The first kappa shape index (κ1) is 8.77. The maximum Gasteiger partial charge on any atom is 0.116 e. The quantitative estimate of drug-likeness (QED) is 0.665. The topological polar surface area (TPSA) is 74.9 Å². The minimum atomic E-state index is 0.236. The van der Waals surface area contributed by atoms with Crippen LogP contribution in [0.3, 0.4) is 0 Å². The molecule has 0 atom stereocenters. The molecule has 1 aromatic heterocycles. The van der Waals surface area contributed by atoms with Crippen LogP contribution >= 0.6 is 0 Å². The number of aromatic hydroxyl groups is 1. The summed E-state index contributed by atoms with van der Waals surface area (Å²) in [5, 5.41) is 16.2. The van der Waals surface area contributed by atoms with Gasteiger partial charge in [0.2, 0.25) is 0 Å². The Hall–Kier alpha value is -1.81. The van der Waals surface area contributed by atoms with Crippen LogP contribution in [-0.4, -0.2) is 15.3 Å². The Kier molecular flexibility index (Phi) is 2.20. The largest absolute Gasteiger partial charge is 0.508 e. The summed E-state index contributed by atoms with van der Waals surface area (Å²) in [6, 6.07) is 8.82. The molecule has 0 unspecified atom stereocenters. The number of phenols is 1. The van der Waals surface area contributed by atoms with E-state index in [0.717, 1.165) is 17.0 Å². The molecule has 72 valence electrons. The van der Waals surface area contributed by atoms with E-state index in [0.29, 0.717) is 6.54 Å². The third-order valence-electron chi connectivity index (χ3n) is 1.99. The summed E-state index contributed by atoms with van der Waals surface area (Å²) in [5.74, 6) is 0.236. The fourth-order valence-electron chi connectivity index (χ4n) is 1.28. The zero-order valence-electron chi connectivity index (χ0n) is 7.57. The van der Waals surface area contributed by atoms with Crippen LogP contribution in [0, 0.1) is 0 Å². The molecule has 2 aromatic rings. The Morgan fingerprint density at radius 3 is 2.86 bits per heavy atom. The van der Waals surface area contributed by atoms with Gasteiger partial charge in [-0.25, -0.2) is 0 Å². The number of phenolic OH excluding ortho intramolecular Hbond substituents is 1. The number of H-pyrrole nitrogens is 1. The Morgan fingerprint density at radius 1 is 1.36 bits per heavy atom. The lowest BCUT2D eigenvalue weighted by Gasteiger charge is -1.95. The summed E-state index contributed by atoms with van der Waals surface area (Å²) >= 11 is 0. The van der Waals surface area contributed by atoms with E-state index in [1.807, 2.05) is 12.1 Å². The van der Waals surface area contributed by atoms with Crippen LogP contribution in [0.25, 0.3) is 11.3 Å². The predicted molar refractivity (Wildman–Crippen MR) is 53.6 cm³/mol. The number of nitrogens with one attached hydrogen (secondary N) is 1. The van der Waals surface area contributed by atoms with E-state index in [2.05, 4.69) is 10.2 Å². The first-order valence-corrected chi connectivity index (χ1v) is 4.33. The average Bonchev–Trinajstić information content (AvgIpc) is 2.66. The first-order valence-electron chi connectivity index (χ1n) is 4.33. The third-order valence-corrected chi connectivity index (χ3v) is 1.99. The van der Waals surface area contributed by atoms with E-state index >= 15 is 0 Å². The van der Waals surface area contributed by atoms with Gasteiger partial charge < -0.3 is 10.8 Å². The van der Waals surface area contributed by atoms with Gasteiger partial charge in [-0.1, -0.05) is 12.1 Å². The summed E-state index contributed by atoms with van der Waals surface area (Å²) in [4.78, 5) is 0. The highest BCUT2D eigenvalue weighted by molar-refractivity contribution is 5.61. The Morgan fingerprint density at radius 2 is 2.21 bits per heavy atom. The second kappa shape index (κ2) is 3.51. The molecule has 0 saturated heterocycles. The summed E-state index contributed by atoms with van der Waals surface area (Å²) in [6.45, 7) is 0.436. The van der Waals surface area contributed by atoms with Crippen molar-refractivity contribution < 1.29 is 5.11 Å². The van der Waals surface area contributed by atoms with Crippen LogP contribution in [0.2, 0.25) is 0 Å². The molecule has 0 spiro atoms. The van der Waals surface area contributed by atoms with Crippen LogP contribution in [0.4, 0.5) is 0 Å². The molecule has 0 fully saturated rings. The molecule has 1 heterocycles. The molecule has 4 nitrogen and oxygen atoms in total. The lowest BCUT2D eigenvalue weighted by atomic mass is 10.1. The molecule has 4 N–H and O–H groups in total. The minimum Gasteiger partial charge on any atom is -0.508 e. The molecular formula is C10H11N3O. The summed E-state index contributed by atoms with van der Waals surface area (Å²) in [7, 11) is 0. The average molecular weight is 189 g/mol. The van der Waals surface area contributed by atoms with Crippen molar-refractivity contribution in [2.75, 3.05) is 0 Å². The second-order valence-electron chi connectivity index (χ2n) is 3.03. The molecule has 1 aromatic carbocycles. The highest BCUT2D eigenvalue weighted by atomic mass is 16.3. The molecule has 0 aliphatic rings. The van der Waals surface area contributed by atoms with Crippen LogP contribution in [0.1, 0.15) is 5.69 Å². The standard InChI is InChI=1S/C10H11N3O/c11-6-8-5-10(13-12-8)7-2-1-3-9(14)4-7/h1-5,14H,6,11H2,(H,12,13). The van der Waals surface area contributed by atoms with Crippen LogP contribution in [-0.2, 0) is 6.54 Å². The van der Waals surface area contributed by atoms with E-state index in [1.54, 1.807) is 18.2 Å². The zero-order valence-corrected chi connectivity index (χ0v) is 7.57. The number of hydrogen-bond acceptors (Lipinski definition) is 3. The molecule has 2 rings (SSSR count). The van der Waals surface area contributed by atoms with Gasteiger partial charge >= 0.3 is 0 Å². The summed E-state index contributed by atoms with van der Waals surface area (Å²) in [5.41, 5.74) is 8.00. The lowest BCUT2D eigenvalue weighted by Crippen LogP contribution is -1.95. The van der Waals surface area contributed by atoms with Crippen LogP contribution < -0.4 is 5.73 Å². The summed E-state index contributed by atoms with van der Waals surface area (Å²) < 4.78 is 0. The molecule has 0 saturated carbocycles. The van der Waals surface area contributed by atoms with E-state index in [9.17, 15) is 5.11 Å². The van der Waals surface area contributed by atoms with Gasteiger partial charge in [0.1, 0.15) is 5.75 Å². The van der Waals surface area contributed by atoms with E-state index in [1.165, 1.54) is 0 Å². The normalized spacial score (nSPS) is 10.4. The molecule has 0 radical (unpaired) electrons. The highest BCUT2D eigenvalue weighted by Crippen LogP contribution is 2.21. The monoisotopic (exact) mass is 189 g/mol. The van der Waals surface area contributed by atoms with Gasteiger partial charge in [0, 0.05) is 17.8 Å². The molecule has 14 heavy (non-hydrogen) atoms. The minimum absolute atomic E-state index is 0.236. The van der Waals surface area contributed by atoms with Gasteiger partial charge in [-0.3, -0.25) is 5.10 Å². The fourth-order valence-corrected chi connectivity index (χ4v) is 1.28. The molecule has 0 amide bonds. The number of hydrogen-bond donors (Lipinski definition) is 3. The fraction of sp³-hybridized carbons (Fsp3) is 0.100. The SMILES string of the molecule is NCc1cc(-c2cccc(O)c2)n[nH]1. The molecule has 0 aliphatic carbocycles. The second-order valence-corrected chi connectivity index (χ2v) is 3.03. The first-order chi connectivity index (χ1) is 6.79. The highest BCUT2D eigenvalue weighted by Gasteiger charge is 2.02. The number of benzene rings is 1. The van der Waals surface area contributed by atoms with E-state index in [-0.39, 0.29) is 5.75 Å². The van der Waals surface area contributed by atoms with Crippen LogP contribution in [0.5, 0.6) is 5.75 Å². The number of aromatic nitrogens is 2. The van der Waals surface area contributed by atoms with E-state index < -0.39 is 0 Å².